The molecule has 0 bridgehead atoms. The Morgan fingerprint density at radius 3 is 2.81 bits per heavy atom. The van der Waals surface area contributed by atoms with E-state index < -0.39 is 0 Å². The molecule has 0 radical (unpaired) electrons. The largest absolute Gasteiger partial charge is 0.397 e. The molecule has 5 heteroatoms. The molecule has 112 valence electrons. The van der Waals surface area contributed by atoms with Crippen LogP contribution in [-0.4, -0.2) is 12.5 Å². The lowest BCUT2D eigenvalue weighted by atomic mass is 9.92. The van der Waals surface area contributed by atoms with Crippen molar-refractivity contribution in [1.82, 2.24) is 5.32 Å². The smallest absolute Gasteiger partial charge is 0.263 e. The predicted octanol–water partition coefficient (Wildman–Crippen LogP) is 4.41. The van der Waals surface area contributed by atoms with E-state index >= 15 is 0 Å². The van der Waals surface area contributed by atoms with Crippen LogP contribution in [0.5, 0.6) is 0 Å². The fourth-order valence-electron chi connectivity index (χ4n) is 2.71. The van der Waals surface area contributed by atoms with E-state index in [2.05, 4.69) is 35.1 Å². The molecular weight excluding hydrogens is 348 g/mol. The van der Waals surface area contributed by atoms with Crippen LogP contribution in [0.4, 0.5) is 5.69 Å². The average molecular weight is 367 g/mol. The molecule has 1 aliphatic rings. The van der Waals surface area contributed by atoms with Crippen molar-refractivity contribution in [3.05, 3.63) is 27.5 Å². The summed E-state index contributed by atoms with van der Waals surface area (Å²) in [5, 5.41) is 4.03. The van der Waals surface area contributed by atoms with Gasteiger partial charge in [0.2, 0.25) is 0 Å². The third-order valence-electron chi connectivity index (χ3n) is 4.61. The molecule has 1 aromatic heterocycles. The molecule has 21 heavy (non-hydrogen) atoms. The summed E-state index contributed by atoms with van der Waals surface area (Å²) in [6, 6.07) is 5.93. The minimum Gasteiger partial charge on any atom is -0.397 e. The van der Waals surface area contributed by atoms with Gasteiger partial charge < -0.3 is 11.1 Å². The van der Waals surface area contributed by atoms with Crippen LogP contribution in [0.15, 0.2) is 22.7 Å². The monoisotopic (exact) mass is 366 g/mol. The molecule has 1 heterocycles. The lowest BCUT2D eigenvalue weighted by Crippen LogP contribution is -2.32. The zero-order valence-electron chi connectivity index (χ0n) is 12.2. The summed E-state index contributed by atoms with van der Waals surface area (Å²) >= 11 is 4.90. The number of halogens is 1. The zero-order chi connectivity index (χ0) is 15.2. The van der Waals surface area contributed by atoms with E-state index in [4.69, 9.17) is 5.73 Å². The van der Waals surface area contributed by atoms with Crippen LogP contribution in [0.25, 0.3) is 10.1 Å². The number of rotatable bonds is 4. The van der Waals surface area contributed by atoms with E-state index in [1.165, 1.54) is 24.2 Å². The molecular formula is C16H19BrN2OS. The Labute approximate surface area is 137 Å². The number of carbonyl (C=O) groups is 1. The van der Waals surface area contributed by atoms with Crippen LogP contribution >= 0.6 is 27.3 Å². The predicted molar refractivity (Wildman–Crippen MR) is 92.8 cm³/mol. The van der Waals surface area contributed by atoms with E-state index in [9.17, 15) is 4.79 Å². The van der Waals surface area contributed by atoms with Crippen molar-refractivity contribution in [2.24, 2.45) is 11.3 Å². The van der Waals surface area contributed by atoms with Crippen molar-refractivity contribution < 1.29 is 4.79 Å². The maximum Gasteiger partial charge on any atom is 0.263 e. The molecule has 1 saturated carbocycles. The number of nitrogens with two attached hydrogens (primary N) is 1. The molecule has 0 atom stereocenters. The molecule has 0 saturated heterocycles. The maximum atomic E-state index is 12.4. The second-order valence-corrected chi connectivity index (χ2v) is 8.15. The van der Waals surface area contributed by atoms with Crippen LogP contribution in [0.3, 0.4) is 0 Å². The number of carbonyl (C=O) groups excluding carboxylic acids is 1. The summed E-state index contributed by atoms with van der Waals surface area (Å²) in [7, 11) is 0. The van der Waals surface area contributed by atoms with Crippen molar-refractivity contribution in [3.8, 4) is 0 Å². The lowest BCUT2D eigenvalue weighted by Gasteiger charge is -2.19. The van der Waals surface area contributed by atoms with E-state index in [0.29, 0.717) is 21.9 Å². The Morgan fingerprint density at radius 1 is 1.48 bits per heavy atom. The van der Waals surface area contributed by atoms with Gasteiger partial charge in [-0.1, -0.05) is 29.8 Å². The first-order valence-electron chi connectivity index (χ1n) is 7.19. The molecule has 3 nitrogen and oxygen atoms in total. The van der Waals surface area contributed by atoms with Gasteiger partial charge in [-0.2, -0.15) is 0 Å². The molecule has 3 N–H and O–H groups in total. The fourth-order valence-corrected chi connectivity index (χ4v) is 4.09. The Morgan fingerprint density at radius 2 is 2.19 bits per heavy atom. The van der Waals surface area contributed by atoms with Gasteiger partial charge in [-0.05, 0) is 42.4 Å². The van der Waals surface area contributed by atoms with Gasteiger partial charge in [0.1, 0.15) is 4.88 Å². The van der Waals surface area contributed by atoms with Gasteiger partial charge in [-0.3, -0.25) is 4.79 Å². The molecule has 1 aromatic carbocycles. The summed E-state index contributed by atoms with van der Waals surface area (Å²) < 4.78 is 2.02. The highest BCUT2D eigenvalue weighted by atomic mass is 79.9. The maximum absolute atomic E-state index is 12.4. The minimum atomic E-state index is -0.0447. The van der Waals surface area contributed by atoms with Crippen LogP contribution in [0.2, 0.25) is 0 Å². The van der Waals surface area contributed by atoms with Crippen molar-refractivity contribution in [2.45, 2.75) is 26.7 Å². The van der Waals surface area contributed by atoms with Crippen LogP contribution in [0, 0.1) is 11.3 Å². The number of anilines is 1. The first kappa shape index (κ1) is 14.9. The van der Waals surface area contributed by atoms with Gasteiger partial charge in [0.25, 0.3) is 5.91 Å². The Hall–Kier alpha value is -1.07. The first-order valence-corrected chi connectivity index (χ1v) is 8.80. The highest BCUT2D eigenvalue weighted by Gasteiger charge is 2.45. The minimum absolute atomic E-state index is 0.0447. The van der Waals surface area contributed by atoms with Gasteiger partial charge in [0.15, 0.2) is 0 Å². The number of nitrogen functional groups attached to an aromatic ring is 1. The van der Waals surface area contributed by atoms with E-state index in [0.717, 1.165) is 21.1 Å². The Bertz CT molecular complexity index is 704. The van der Waals surface area contributed by atoms with E-state index in [-0.39, 0.29) is 5.91 Å². The van der Waals surface area contributed by atoms with Gasteiger partial charge in [0, 0.05) is 21.1 Å². The summed E-state index contributed by atoms with van der Waals surface area (Å²) in [5.74, 6) is 0.560. The molecule has 1 fully saturated rings. The van der Waals surface area contributed by atoms with E-state index in [1.54, 1.807) is 0 Å². The molecule has 1 aliphatic carbocycles. The zero-order valence-corrected chi connectivity index (χ0v) is 14.6. The lowest BCUT2D eigenvalue weighted by molar-refractivity contribution is 0.0944. The second-order valence-electron chi connectivity index (χ2n) is 6.19. The number of hydrogen-bond acceptors (Lipinski definition) is 3. The van der Waals surface area contributed by atoms with Crippen LogP contribution < -0.4 is 11.1 Å². The Balaban J connectivity index is 1.80. The third kappa shape index (κ3) is 2.69. The number of nitrogens with one attached hydrogen (secondary N) is 1. The molecule has 0 unspecified atom stereocenters. The van der Waals surface area contributed by atoms with Gasteiger partial charge >= 0.3 is 0 Å². The molecule has 3 rings (SSSR count). The van der Waals surface area contributed by atoms with Gasteiger partial charge in [-0.25, -0.2) is 0 Å². The van der Waals surface area contributed by atoms with E-state index in [1.807, 2.05) is 18.2 Å². The van der Waals surface area contributed by atoms with Crippen LogP contribution in [-0.2, 0) is 0 Å². The first-order chi connectivity index (χ1) is 9.93. The third-order valence-corrected chi connectivity index (χ3v) is 6.29. The standard InChI is InChI=1S/C16H19BrN2OS/c1-9(2)16(5-6-16)8-19-15(20)14-13(18)11-7-10(17)3-4-12(11)21-14/h3-4,7,9H,5-6,8,18H2,1-2H3,(H,19,20). The number of benzene rings is 1. The SMILES string of the molecule is CC(C)C1(CNC(=O)c2sc3ccc(Br)cc3c2N)CC1. The van der Waals surface area contributed by atoms with Crippen molar-refractivity contribution >= 4 is 48.9 Å². The normalized spacial score (nSPS) is 16.4. The number of hydrogen-bond donors (Lipinski definition) is 2. The molecule has 1 amide bonds. The second kappa shape index (κ2) is 5.29. The average Bonchev–Trinajstić information content (AvgIpc) is 3.18. The summed E-state index contributed by atoms with van der Waals surface area (Å²) in [6.45, 7) is 5.20. The quantitative estimate of drug-likeness (QED) is 0.841. The Kier molecular flexibility index (Phi) is 3.74. The van der Waals surface area contributed by atoms with Crippen molar-refractivity contribution in [3.63, 3.8) is 0 Å². The summed E-state index contributed by atoms with van der Waals surface area (Å²) in [5.41, 5.74) is 7.05. The summed E-state index contributed by atoms with van der Waals surface area (Å²) in [4.78, 5) is 13.1. The summed E-state index contributed by atoms with van der Waals surface area (Å²) in [6.07, 6.45) is 2.42. The molecule has 0 spiro atoms. The van der Waals surface area contributed by atoms with Crippen molar-refractivity contribution in [1.29, 1.82) is 0 Å². The van der Waals surface area contributed by atoms with Gasteiger partial charge in [-0.15, -0.1) is 11.3 Å². The molecule has 0 aliphatic heterocycles. The number of amides is 1. The fraction of sp³-hybridized carbons (Fsp3) is 0.438. The highest BCUT2D eigenvalue weighted by Crippen LogP contribution is 2.51. The highest BCUT2D eigenvalue weighted by molar-refractivity contribution is 9.10. The van der Waals surface area contributed by atoms with Crippen molar-refractivity contribution in [2.75, 3.05) is 12.3 Å². The van der Waals surface area contributed by atoms with Gasteiger partial charge in [0.05, 0.1) is 5.69 Å². The topological polar surface area (TPSA) is 55.1 Å². The molecule has 2 aromatic rings. The van der Waals surface area contributed by atoms with Crippen LogP contribution in [0.1, 0.15) is 36.4 Å². The number of thiophene rings is 1. The number of fused-ring (bicyclic) bond motifs is 1.